The van der Waals surface area contributed by atoms with Gasteiger partial charge in [0.2, 0.25) is 5.88 Å². The first-order valence-electron chi connectivity index (χ1n) is 7.85. The number of benzene rings is 1. The Balaban J connectivity index is 0.00000312. The van der Waals surface area contributed by atoms with E-state index in [9.17, 15) is 4.39 Å². The summed E-state index contributed by atoms with van der Waals surface area (Å²) in [5.74, 6) is 1.10. The minimum atomic E-state index is -0.230. The van der Waals surface area contributed by atoms with E-state index in [0.717, 1.165) is 23.6 Å². The molecule has 0 fully saturated rings. The molecule has 0 amide bonds. The first kappa shape index (κ1) is 21.1. The van der Waals surface area contributed by atoms with Gasteiger partial charge in [-0.25, -0.2) is 14.4 Å². The molecule has 1 N–H and O–H groups in total. The summed E-state index contributed by atoms with van der Waals surface area (Å²) in [4.78, 5) is 10.7. The highest BCUT2D eigenvalue weighted by atomic mass is 127. The predicted octanol–water partition coefficient (Wildman–Crippen LogP) is 3.44. The van der Waals surface area contributed by atoms with Crippen molar-refractivity contribution in [2.75, 3.05) is 20.7 Å². The van der Waals surface area contributed by atoms with Crippen LogP contribution in [0.1, 0.15) is 18.1 Å². The predicted molar refractivity (Wildman–Crippen MR) is 109 cm³/mol. The summed E-state index contributed by atoms with van der Waals surface area (Å²) in [5, 5.41) is 3.25. The lowest BCUT2D eigenvalue weighted by Crippen LogP contribution is -2.38. The molecular formula is C18H24FIN4O. The zero-order valence-corrected chi connectivity index (χ0v) is 17.0. The van der Waals surface area contributed by atoms with Crippen LogP contribution in [0.25, 0.3) is 0 Å². The van der Waals surface area contributed by atoms with Crippen molar-refractivity contribution in [1.29, 1.82) is 0 Å². The van der Waals surface area contributed by atoms with Crippen LogP contribution in [0.3, 0.4) is 0 Å². The van der Waals surface area contributed by atoms with Gasteiger partial charge in [0.05, 0.1) is 13.7 Å². The minimum absolute atomic E-state index is 0. The summed E-state index contributed by atoms with van der Waals surface area (Å²) in [6.07, 6.45) is 1.70. The molecule has 1 aromatic carbocycles. The zero-order valence-electron chi connectivity index (χ0n) is 14.7. The fourth-order valence-electron chi connectivity index (χ4n) is 2.28. The van der Waals surface area contributed by atoms with E-state index in [4.69, 9.17) is 4.74 Å². The quantitative estimate of drug-likeness (QED) is 0.410. The highest BCUT2D eigenvalue weighted by Crippen LogP contribution is 2.10. The van der Waals surface area contributed by atoms with E-state index in [2.05, 4.69) is 15.3 Å². The highest BCUT2D eigenvalue weighted by Gasteiger charge is 2.07. The third-order valence-corrected chi connectivity index (χ3v) is 3.43. The zero-order chi connectivity index (χ0) is 17.4. The lowest BCUT2D eigenvalue weighted by molar-refractivity contribution is 0.397. The lowest BCUT2D eigenvalue weighted by Gasteiger charge is -2.22. The number of halogens is 2. The van der Waals surface area contributed by atoms with Crippen LogP contribution >= 0.6 is 24.0 Å². The third-order valence-electron chi connectivity index (χ3n) is 3.43. The number of aliphatic imine (C=N–C) groups is 1. The fourth-order valence-corrected chi connectivity index (χ4v) is 2.28. The molecular weight excluding hydrogens is 434 g/mol. The molecule has 1 aromatic heterocycles. The molecule has 0 atom stereocenters. The molecule has 2 aromatic rings. The molecule has 1 heterocycles. The van der Waals surface area contributed by atoms with E-state index >= 15 is 0 Å². The standard InChI is InChI=1S/C18H23FN4O.HI/c1-4-20-18(22-12-14-8-9-21-17(11-14)24-3)23(2)13-15-6-5-7-16(19)10-15;/h5-11H,4,12-13H2,1-3H3,(H,20,22);1H. The summed E-state index contributed by atoms with van der Waals surface area (Å²) in [6, 6.07) is 10.4. The van der Waals surface area contributed by atoms with E-state index in [-0.39, 0.29) is 29.8 Å². The molecule has 136 valence electrons. The van der Waals surface area contributed by atoms with Crippen molar-refractivity contribution >= 4 is 29.9 Å². The van der Waals surface area contributed by atoms with Crippen LogP contribution in [-0.4, -0.2) is 36.5 Å². The summed E-state index contributed by atoms with van der Waals surface area (Å²) in [6.45, 7) is 3.85. The first-order valence-corrected chi connectivity index (χ1v) is 7.85. The van der Waals surface area contributed by atoms with E-state index < -0.39 is 0 Å². The maximum absolute atomic E-state index is 13.3. The summed E-state index contributed by atoms with van der Waals surface area (Å²) in [5.41, 5.74) is 1.91. The van der Waals surface area contributed by atoms with Gasteiger partial charge < -0.3 is 15.0 Å². The van der Waals surface area contributed by atoms with Crippen LogP contribution in [0.15, 0.2) is 47.6 Å². The average Bonchev–Trinajstić information content (AvgIpc) is 2.58. The molecule has 0 aliphatic carbocycles. The smallest absolute Gasteiger partial charge is 0.213 e. The number of rotatable bonds is 6. The van der Waals surface area contributed by atoms with Crippen molar-refractivity contribution < 1.29 is 9.13 Å². The number of pyridine rings is 1. The van der Waals surface area contributed by atoms with Crippen molar-refractivity contribution in [3.8, 4) is 5.88 Å². The SMILES string of the molecule is CCNC(=NCc1ccnc(OC)c1)N(C)Cc1cccc(F)c1.I. The van der Waals surface area contributed by atoms with Gasteiger partial charge >= 0.3 is 0 Å². The van der Waals surface area contributed by atoms with Crippen LogP contribution in [0.2, 0.25) is 0 Å². The molecule has 7 heteroatoms. The molecule has 0 aliphatic heterocycles. The van der Waals surface area contributed by atoms with Gasteiger partial charge in [-0.05, 0) is 36.2 Å². The topological polar surface area (TPSA) is 49.8 Å². The molecule has 0 aliphatic rings. The van der Waals surface area contributed by atoms with Gasteiger partial charge in [-0.2, -0.15) is 0 Å². The van der Waals surface area contributed by atoms with Gasteiger partial charge in [-0.1, -0.05) is 12.1 Å². The average molecular weight is 458 g/mol. The molecule has 0 saturated heterocycles. The van der Waals surface area contributed by atoms with Crippen LogP contribution in [-0.2, 0) is 13.1 Å². The van der Waals surface area contributed by atoms with Crippen molar-refractivity contribution in [2.45, 2.75) is 20.0 Å². The van der Waals surface area contributed by atoms with E-state index in [0.29, 0.717) is 19.0 Å². The Bertz CT molecular complexity index is 696. The van der Waals surface area contributed by atoms with Gasteiger partial charge in [0, 0.05) is 32.4 Å². The molecule has 0 saturated carbocycles. The maximum atomic E-state index is 13.3. The Morgan fingerprint density at radius 2 is 2.08 bits per heavy atom. The monoisotopic (exact) mass is 458 g/mol. The number of methoxy groups -OCH3 is 1. The molecule has 25 heavy (non-hydrogen) atoms. The van der Waals surface area contributed by atoms with E-state index in [1.165, 1.54) is 12.1 Å². The Morgan fingerprint density at radius 3 is 2.76 bits per heavy atom. The molecule has 0 unspecified atom stereocenters. The summed E-state index contributed by atoms with van der Waals surface area (Å²) < 4.78 is 18.5. The Labute approximate surface area is 165 Å². The number of ether oxygens (including phenoxy) is 1. The van der Waals surface area contributed by atoms with Gasteiger partial charge in [0.25, 0.3) is 0 Å². The van der Waals surface area contributed by atoms with Gasteiger partial charge in [0.15, 0.2) is 5.96 Å². The van der Waals surface area contributed by atoms with Crippen LogP contribution in [0.5, 0.6) is 5.88 Å². The van der Waals surface area contributed by atoms with E-state index in [1.807, 2.05) is 37.1 Å². The second-order valence-corrected chi connectivity index (χ2v) is 5.36. The highest BCUT2D eigenvalue weighted by molar-refractivity contribution is 14.0. The number of nitrogens with one attached hydrogen (secondary N) is 1. The molecule has 0 bridgehead atoms. The Hall–Kier alpha value is -1.90. The number of guanidine groups is 1. The van der Waals surface area contributed by atoms with Crippen LogP contribution < -0.4 is 10.1 Å². The number of nitrogens with zero attached hydrogens (tertiary/aromatic N) is 3. The fraction of sp³-hybridized carbons (Fsp3) is 0.333. The third kappa shape index (κ3) is 6.85. The van der Waals surface area contributed by atoms with Gasteiger partial charge in [-0.3, -0.25) is 0 Å². The minimum Gasteiger partial charge on any atom is -0.481 e. The van der Waals surface area contributed by atoms with Crippen molar-refractivity contribution in [3.63, 3.8) is 0 Å². The number of hydrogen-bond donors (Lipinski definition) is 1. The largest absolute Gasteiger partial charge is 0.481 e. The van der Waals surface area contributed by atoms with Gasteiger partial charge in [0.1, 0.15) is 5.82 Å². The number of aromatic nitrogens is 1. The van der Waals surface area contributed by atoms with Gasteiger partial charge in [-0.15, -0.1) is 24.0 Å². The molecule has 2 rings (SSSR count). The van der Waals surface area contributed by atoms with Crippen molar-refractivity contribution in [3.05, 3.63) is 59.5 Å². The second-order valence-electron chi connectivity index (χ2n) is 5.36. The first-order chi connectivity index (χ1) is 11.6. The summed E-state index contributed by atoms with van der Waals surface area (Å²) >= 11 is 0. The Kier molecular flexibility index (Phi) is 9.18. The lowest BCUT2D eigenvalue weighted by atomic mass is 10.2. The molecule has 0 spiro atoms. The van der Waals surface area contributed by atoms with Crippen molar-refractivity contribution in [2.24, 2.45) is 4.99 Å². The molecule has 0 radical (unpaired) electrons. The molecule has 5 nitrogen and oxygen atoms in total. The summed E-state index contributed by atoms with van der Waals surface area (Å²) in [7, 11) is 3.52. The van der Waals surface area contributed by atoms with Crippen LogP contribution in [0, 0.1) is 5.82 Å². The van der Waals surface area contributed by atoms with Crippen LogP contribution in [0.4, 0.5) is 4.39 Å². The van der Waals surface area contributed by atoms with E-state index in [1.54, 1.807) is 19.4 Å². The van der Waals surface area contributed by atoms with Crippen molar-refractivity contribution in [1.82, 2.24) is 15.2 Å². The number of hydrogen-bond acceptors (Lipinski definition) is 3. The second kappa shape index (κ2) is 10.9. The normalized spacial score (nSPS) is 10.8. The Morgan fingerprint density at radius 1 is 1.28 bits per heavy atom. The maximum Gasteiger partial charge on any atom is 0.213 e.